The summed E-state index contributed by atoms with van der Waals surface area (Å²) in [5.41, 5.74) is 1.36. The summed E-state index contributed by atoms with van der Waals surface area (Å²) in [6.45, 7) is 0. The Morgan fingerprint density at radius 3 is 2.44 bits per heavy atom. The third kappa shape index (κ3) is 4.30. The lowest BCUT2D eigenvalue weighted by Crippen LogP contribution is -2.12. The maximum atomic E-state index is 13.2. The Kier molecular flexibility index (Phi) is 4.90. The summed E-state index contributed by atoms with van der Waals surface area (Å²) in [5, 5.41) is 6.00. The zero-order valence-electron chi connectivity index (χ0n) is 12.8. The molecule has 0 atom stereocenters. The van der Waals surface area contributed by atoms with Crippen LogP contribution in [0.15, 0.2) is 60.8 Å². The second-order valence-electron chi connectivity index (χ2n) is 5.15. The number of carbonyl (C=O) groups is 1. The SMILES string of the molecule is O=C(Nc1ccc(Nc2ccc(F)c(F)c2)cn1)c1cccc(Cl)c1. The molecule has 1 amide bonds. The topological polar surface area (TPSA) is 54.0 Å². The molecular formula is C18H12ClF2N3O. The monoisotopic (exact) mass is 359 g/mol. The van der Waals surface area contributed by atoms with E-state index in [2.05, 4.69) is 15.6 Å². The number of hydrogen-bond acceptors (Lipinski definition) is 3. The van der Waals surface area contributed by atoms with E-state index in [1.807, 2.05) is 0 Å². The largest absolute Gasteiger partial charge is 0.354 e. The number of aromatic nitrogens is 1. The Bertz CT molecular complexity index is 916. The van der Waals surface area contributed by atoms with Crippen LogP contribution in [0.4, 0.5) is 26.0 Å². The third-order valence-electron chi connectivity index (χ3n) is 3.30. The number of pyridine rings is 1. The molecule has 0 unspecified atom stereocenters. The Morgan fingerprint density at radius 2 is 1.76 bits per heavy atom. The van der Waals surface area contributed by atoms with Crippen LogP contribution in [0.25, 0.3) is 0 Å². The van der Waals surface area contributed by atoms with Gasteiger partial charge >= 0.3 is 0 Å². The highest BCUT2D eigenvalue weighted by Gasteiger charge is 2.08. The van der Waals surface area contributed by atoms with E-state index in [1.165, 1.54) is 12.3 Å². The van der Waals surface area contributed by atoms with E-state index in [1.54, 1.807) is 36.4 Å². The van der Waals surface area contributed by atoms with E-state index in [9.17, 15) is 13.6 Å². The van der Waals surface area contributed by atoms with Crippen LogP contribution in [0.1, 0.15) is 10.4 Å². The Labute approximate surface area is 147 Å². The smallest absolute Gasteiger partial charge is 0.256 e. The summed E-state index contributed by atoms with van der Waals surface area (Å²) in [4.78, 5) is 16.2. The molecule has 2 N–H and O–H groups in total. The summed E-state index contributed by atoms with van der Waals surface area (Å²) < 4.78 is 26.1. The number of carbonyl (C=O) groups excluding carboxylic acids is 1. The number of benzene rings is 2. The number of nitrogens with one attached hydrogen (secondary N) is 2. The van der Waals surface area contributed by atoms with E-state index < -0.39 is 11.6 Å². The molecule has 0 fully saturated rings. The fraction of sp³-hybridized carbons (Fsp3) is 0. The molecule has 4 nitrogen and oxygen atoms in total. The maximum Gasteiger partial charge on any atom is 0.256 e. The van der Waals surface area contributed by atoms with Gasteiger partial charge < -0.3 is 10.6 Å². The van der Waals surface area contributed by atoms with Crippen molar-refractivity contribution in [1.82, 2.24) is 4.98 Å². The summed E-state index contributed by atoms with van der Waals surface area (Å²) in [5.74, 6) is -1.84. The highest BCUT2D eigenvalue weighted by molar-refractivity contribution is 6.31. The summed E-state index contributed by atoms with van der Waals surface area (Å²) in [6, 6.07) is 13.3. The van der Waals surface area contributed by atoms with Crippen LogP contribution in [-0.4, -0.2) is 10.9 Å². The number of amides is 1. The van der Waals surface area contributed by atoms with Gasteiger partial charge in [0.05, 0.1) is 11.9 Å². The molecule has 2 aromatic carbocycles. The Balaban J connectivity index is 1.67. The molecular weight excluding hydrogens is 348 g/mol. The van der Waals surface area contributed by atoms with Gasteiger partial charge in [0.25, 0.3) is 5.91 Å². The molecule has 0 aliphatic rings. The van der Waals surface area contributed by atoms with Gasteiger partial charge in [-0.15, -0.1) is 0 Å². The van der Waals surface area contributed by atoms with Crippen molar-refractivity contribution in [2.24, 2.45) is 0 Å². The van der Waals surface area contributed by atoms with Crippen LogP contribution in [0.3, 0.4) is 0 Å². The molecule has 7 heteroatoms. The van der Waals surface area contributed by atoms with Crippen molar-refractivity contribution in [3.8, 4) is 0 Å². The highest BCUT2D eigenvalue weighted by atomic mass is 35.5. The lowest BCUT2D eigenvalue weighted by Gasteiger charge is -2.08. The van der Waals surface area contributed by atoms with Crippen molar-refractivity contribution in [2.75, 3.05) is 10.6 Å². The number of anilines is 3. The first-order valence-corrected chi connectivity index (χ1v) is 7.64. The highest BCUT2D eigenvalue weighted by Crippen LogP contribution is 2.19. The fourth-order valence-electron chi connectivity index (χ4n) is 2.10. The van der Waals surface area contributed by atoms with Gasteiger partial charge in [0.1, 0.15) is 5.82 Å². The van der Waals surface area contributed by atoms with Crippen molar-refractivity contribution in [3.63, 3.8) is 0 Å². The molecule has 0 aliphatic carbocycles. The molecule has 3 rings (SSSR count). The van der Waals surface area contributed by atoms with Crippen LogP contribution in [0.2, 0.25) is 5.02 Å². The molecule has 126 valence electrons. The lowest BCUT2D eigenvalue weighted by atomic mass is 10.2. The average molecular weight is 360 g/mol. The minimum atomic E-state index is -0.941. The molecule has 25 heavy (non-hydrogen) atoms. The molecule has 0 spiro atoms. The first-order valence-electron chi connectivity index (χ1n) is 7.26. The fourth-order valence-corrected chi connectivity index (χ4v) is 2.29. The van der Waals surface area contributed by atoms with Crippen molar-refractivity contribution in [2.45, 2.75) is 0 Å². The molecule has 0 aliphatic heterocycles. The zero-order valence-corrected chi connectivity index (χ0v) is 13.5. The van der Waals surface area contributed by atoms with Crippen molar-refractivity contribution >= 4 is 34.7 Å². The Morgan fingerprint density at radius 1 is 0.960 bits per heavy atom. The minimum absolute atomic E-state index is 0.337. The third-order valence-corrected chi connectivity index (χ3v) is 3.54. The van der Waals surface area contributed by atoms with Gasteiger partial charge in [-0.3, -0.25) is 4.79 Å². The number of hydrogen-bond donors (Lipinski definition) is 2. The Hall–Kier alpha value is -2.99. The van der Waals surface area contributed by atoms with Crippen LogP contribution in [-0.2, 0) is 0 Å². The van der Waals surface area contributed by atoms with Gasteiger partial charge in [-0.2, -0.15) is 0 Å². The van der Waals surface area contributed by atoms with Crippen LogP contribution in [0.5, 0.6) is 0 Å². The van der Waals surface area contributed by atoms with Crippen molar-refractivity contribution in [1.29, 1.82) is 0 Å². The predicted molar refractivity (Wildman–Crippen MR) is 93.3 cm³/mol. The normalized spacial score (nSPS) is 10.4. The molecule has 0 saturated carbocycles. The van der Waals surface area contributed by atoms with E-state index in [4.69, 9.17) is 11.6 Å². The van der Waals surface area contributed by atoms with Gasteiger partial charge in [0.15, 0.2) is 11.6 Å². The molecule has 1 aromatic heterocycles. The quantitative estimate of drug-likeness (QED) is 0.688. The maximum absolute atomic E-state index is 13.2. The second kappa shape index (κ2) is 7.27. The van der Waals surface area contributed by atoms with E-state index >= 15 is 0 Å². The number of halogens is 3. The first-order chi connectivity index (χ1) is 12.0. The van der Waals surface area contributed by atoms with Gasteiger partial charge in [0, 0.05) is 22.3 Å². The van der Waals surface area contributed by atoms with Crippen LogP contribution in [0, 0.1) is 11.6 Å². The average Bonchev–Trinajstić information content (AvgIpc) is 2.60. The number of nitrogens with zero attached hydrogens (tertiary/aromatic N) is 1. The summed E-state index contributed by atoms with van der Waals surface area (Å²) in [6.07, 6.45) is 1.47. The first kappa shape index (κ1) is 16.9. The van der Waals surface area contributed by atoms with Gasteiger partial charge in [0.2, 0.25) is 0 Å². The zero-order chi connectivity index (χ0) is 17.8. The van der Waals surface area contributed by atoms with Crippen LogP contribution < -0.4 is 10.6 Å². The standard InChI is InChI=1S/C18H12ClF2N3O/c19-12-3-1-2-11(8-12)18(25)24-17-7-5-14(10-22-17)23-13-4-6-15(20)16(21)9-13/h1-10,23H,(H,22,24,25). The molecule has 0 radical (unpaired) electrons. The number of rotatable bonds is 4. The van der Waals surface area contributed by atoms with E-state index in [-0.39, 0.29) is 5.91 Å². The minimum Gasteiger partial charge on any atom is -0.354 e. The van der Waals surface area contributed by atoms with Gasteiger partial charge in [-0.25, -0.2) is 13.8 Å². The molecule has 1 heterocycles. The predicted octanol–water partition coefficient (Wildman–Crippen LogP) is 5.01. The second-order valence-corrected chi connectivity index (χ2v) is 5.59. The van der Waals surface area contributed by atoms with Gasteiger partial charge in [-0.1, -0.05) is 17.7 Å². The molecule has 3 aromatic rings. The van der Waals surface area contributed by atoms with Crippen LogP contribution >= 0.6 is 11.6 Å². The molecule has 0 saturated heterocycles. The van der Waals surface area contributed by atoms with E-state index in [0.29, 0.717) is 27.8 Å². The van der Waals surface area contributed by atoms with Crippen molar-refractivity contribution in [3.05, 3.63) is 83.0 Å². The van der Waals surface area contributed by atoms with E-state index in [0.717, 1.165) is 12.1 Å². The summed E-state index contributed by atoms with van der Waals surface area (Å²) >= 11 is 5.86. The summed E-state index contributed by atoms with van der Waals surface area (Å²) in [7, 11) is 0. The van der Waals surface area contributed by atoms with Gasteiger partial charge in [-0.05, 0) is 42.5 Å². The molecule has 0 bridgehead atoms. The van der Waals surface area contributed by atoms with Crippen molar-refractivity contribution < 1.29 is 13.6 Å². The lowest BCUT2D eigenvalue weighted by molar-refractivity contribution is 0.102.